The molecule has 2 aromatic rings. The average Bonchev–Trinajstić information content (AvgIpc) is 2.55. The lowest BCUT2D eigenvalue weighted by atomic mass is 10.1. The molecule has 0 bridgehead atoms. The van der Waals surface area contributed by atoms with Crippen LogP contribution in [0, 0.1) is 24.0 Å². The number of hydrogen-bond donors (Lipinski definition) is 2. The summed E-state index contributed by atoms with van der Waals surface area (Å²) in [4.78, 5) is 20.8. The van der Waals surface area contributed by atoms with Crippen LogP contribution in [-0.2, 0) is 0 Å². The molecule has 2 rings (SSSR count). The van der Waals surface area contributed by atoms with Crippen molar-refractivity contribution >= 4 is 23.0 Å². The first-order valence-electron chi connectivity index (χ1n) is 7.67. The average molecular weight is 331 g/mol. The van der Waals surface area contributed by atoms with Crippen LogP contribution in [0.1, 0.15) is 18.1 Å². The zero-order valence-electron chi connectivity index (χ0n) is 14.0. The SMILES string of the molecule is CCN(CCO)c1ncnc(Nc2ccc(C)c(C)c2)c1[N+](=O)[O-]. The Hall–Kier alpha value is -2.74. The van der Waals surface area contributed by atoms with E-state index in [1.807, 2.05) is 39.0 Å². The number of nitrogens with zero attached hydrogens (tertiary/aromatic N) is 4. The van der Waals surface area contributed by atoms with Crippen molar-refractivity contribution in [2.24, 2.45) is 0 Å². The van der Waals surface area contributed by atoms with E-state index in [1.54, 1.807) is 4.90 Å². The van der Waals surface area contributed by atoms with E-state index in [4.69, 9.17) is 5.11 Å². The molecule has 0 atom stereocenters. The van der Waals surface area contributed by atoms with Crippen molar-refractivity contribution in [3.63, 3.8) is 0 Å². The topological polar surface area (TPSA) is 104 Å². The summed E-state index contributed by atoms with van der Waals surface area (Å²) in [5.41, 5.74) is 2.73. The lowest BCUT2D eigenvalue weighted by Crippen LogP contribution is -2.28. The molecule has 8 nitrogen and oxygen atoms in total. The van der Waals surface area contributed by atoms with E-state index in [9.17, 15) is 10.1 Å². The first-order chi connectivity index (χ1) is 11.5. The van der Waals surface area contributed by atoms with E-state index in [-0.39, 0.29) is 30.5 Å². The number of hydrogen-bond acceptors (Lipinski definition) is 7. The summed E-state index contributed by atoms with van der Waals surface area (Å²) in [7, 11) is 0. The summed E-state index contributed by atoms with van der Waals surface area (Å²) in [6, 6.07) is 5.70. The molecule has 0 fully saturated rings. The highest BCUT2D eigenvalue weighted by atomic mass is 16.6. The molecule has 0 radical (unpaired) electrons. The molecule has 0 spiro atoms. The van der Waals surface area contributed by atoms with Gasteiger partial charge >= 0.3 is 5.69 Å². The molecular formula is C16H21N5O3. The van der Waals surface area contributed by atoms with Crippen LogP contribution in [0.3, 0.4) is 0 Å². The van der Waals surface area contributed by atoms with Gasteiger partial charge in [-0.25, -0.2) is 9.97 Å². The number of aliphatic hydroxyl groups is 1. The largest absolute Gasteiger partial charge is 0.395 e. The molecule has 1 aromatic heterocycles. The highest BCUT2D eigenvalue weighted by Crippen LogP contribution is 2.33. The maximum Gasteiger partial charge on any atom is 0.353 e. The molecule has 8 heteroatoms. The lowest BCUT2D eigenvalue weighted by molar-refractivity contribution is -0.383. The molecule has 24 heavy (non-hydrogen) atoms. The first-order valence-corrected chi connectivity index (χ1v) is 7.67. The van der Waals surface area contributed by atoms with Gasteiger partial charge in [-0.2, -0.15) is 0 Å². The molecule has 2 N–H and O–H groups in total. The number of anilines is 3. The lowest BCUT2D eigenvalue weighted by Gasteiger charge is -2.21. The highest BCUT2D eigenvalue weighted by Gasteiger charge is 2.26. The number of nitrogens with one attached hydrogen (secondary N) is 1. The second kappa shape index (κ2) is 7.69. The van der Waals surface area contributed by atoms with Crippen molar-refractivity contribution in [3.8, 4) is 0 Å². The number of aliphatic hydroxyl groups excluding tert-OH is 1. The summed E-state index contributed by atoms with van der Waals surface area (Å²) in [6.07, 6.45) is 1.28. The fourth-order valence-corrected chi connectivity index (χ4v) is 2.35. The highest BCUT2D eigenvalue weighted by molar-refractivity contribution is 5.74. The Morgan fingerprint density at radius 2 is 2.04 bits per heavy atom. The van der Waals surface area contributed by atoms with Crippen LogP contribution in [0.4, 0.5) is 23.0 Å². The van der Waals surface area contributed by atoms with Gasteiger partial charge in [0.15, 0.2) is 0 Å². The van der Waals surface area contributed by atoms with E-state index in [0.29, 0.717) is 6.54 Å². The number of aryl methyl sites for hydroxylation is 2. The van der Waals surface area contributed by atoms with Crippen LogP contribution < -0.4 is 10.2 Å². The summed E-state index contributed by atoms with van der Waals surface area (Å²) >= 11 is 0. The molecule has 0 saturated carbocycles. The van der Waals surface area contributed by atoms with E-state index >= 15 is 0 Å². The van der Waals surface area contributed by atoms with Gasteiger partial charge in [-0.05, 0) is 44.0 Å². The van der Waals surface area contributed by atoms with Crippen molar-refractivity contribution in [2.45, 2.75) is 20.8 Å². The van der Waals surface area contributed by atoms with Crippen LogP contribution in [-0.4, -0.2) is 39.7 Å². The summed E-state index contributed by atoms with van der Waals surface area (Å²) in [6.45, 7) is 6.45. The third-order valence-corrected chi connectivity index (χ3v) is 3.81. The third kappa shape index (κ3) is 3.77. The van der Waals surface area contributed by atoms with Crippen LogP contribution in [0.15, 0.2) is 24.5 Å². The molecule has 0 aliphatic carbocycles. The van der Waals surface area contributed by atoms with Gasteiger partial charge in [-0.15, -0.1) is 0 Å². The molecule has 0 amide bonds. The van der Waals surface area contributed by atoms with Crippen LogP contribution in [0.2, 0.25) is 0 Å². The Labute approximate surface area is 140 Å². The normalized spacial score (nSPS) is 10.5. The van der Waals surface area contributed by atoms with E-state index in [1.165, 1.54) is 6.33 Å². The van der Waals surface area contributed by atoms with Gasteiger partial charge in [0.2, 0.25) is 11.6 Å². The van der Waals surface area contributed by atoms with Crippen LogP contribution in [0.5, 0.6) is 0 Å². The minimum Gasteiger partial charge on any atom is -0.395 e. The Morgan fingerprint density at radius 1 is 1.29 bits per heavy atom. The van der Waals surface area contributed by atoms with Crippen molar-refractivity contribution < 1.29 is 10.0 Å². The number of benzene rings is 1. The molecule has 0 aliphatic heterocycles. The number of rotatable bonds is 7. The Balaban J connectivity index is 2.45. The van der Waals surface area contributed by atoms with E-state index < -0.39 is 4.92 Å². The Kier molecular flexibility index (Phi) is 5.64. The minimum absolute atomic E-state index is 0.116. The molecule has 1 heterocycles. The van der Waals surface area contributed by atoms with Gasteiger partial charge < -0.3 is 15.3 Å². The quantitative estimate of drug-likeness (QED) is 0.593. The van der Waals surface area contributed by atoms with Crippen molar-refractivity contribution in [3.05, 3.63) is 45.8 Å². The Bertz CT molecular complexity index is 736. The standard InChI is InChI=1S/C16H21N5O3/c1-4-20(7-8-22)16-14(21(23)24)15(17-10-18-16)19-13-6-5-11(2)12(3)9-13/h5-6,9-10,22H,4,7-8H2,1-3H3,(H,17,18,19). The predicted octanol–water partition coefficient (Wildman–Crippen LogP) is 2.56. The summed E-state index contributed by atoms with van der Waals surface area (Å²) < 4.78 is 0. The number of likely N-dealkylation sites (N-methyl/N-ethyl adjacent to an activating group) is 1. The zero-order chi connectivity index (χ0) is 17.7. The van der Waals surface area contributed by atoms with Crippen LogP contribution >= 0.6 is 0 Å². The summed E-state index contributed by atoms with van der Waals surface area (Å²) in [5, 5.41) is 23.7. The van der Waals surface area contributed by atoms with Gasteiger partial charge in [0, 0.05) is 18.8 Å². The predicted molar refractivity (Wildman–Crippen MR) is 92.9 cm³/mol. The second-order valence-corrected chi connectivity index (χ2v) is 5.38. The van der Waals surface area contributed by atoms with Gasteiger partial charge in [0.05, 0.1) is 11.5 Å². The number of nitro groups is 1. The fourth-order valence-electron chi connectivity index (χ4n) is 2.35. The van der Waals surface area contributed by atoms with Crippen molar-refractivity contribution in [1.82, 2.24) is 9.97 Å². The summed E-state index contributed by atoms with van der Waals surface area (Å²) in [5.74, 6) is 0.322. The molecule has 1 aromatic carbocycles. The smallest absolute Gasteiger partial charge is 0.353 e. The molecule has 128 valence electrons. The molecular weight excluding hydrogens is 310 g/mol. The van der Waals surface area contributed by atoms with Crippen molar-refractivity contribution in [1.29, 1.82) is 0 Å². The van der Waals surface area contributed by atoms with Crippen LogP contribution in [0.25, 0.3) is 0 Å². The zero-order valence-corrected chi connectivity index (χ0v) is 14.0. The maximum absolute atomic E-state index is 11.6. The monoisotopic (exact) mass is 331 g/mol. The van der Waals surface area contributed by atoms with Gasteiger partial charge in [0.25, 0.3) is 0 Å². The van der Waals surface area contributed by atoms with Gasteiger partial charge in [-0.1, -0.05) is 6.07 Å². The van der Waals surface area contributed by atoms with E-state index in [0.717, 1.165) is 16.8 Å². The second-order valence-electron chi connectivity index (χ2n) is 5.38. The number of aromatic nitrogens is 2. The van der Waals surface area contributed by atoms with Gasteiger partial charge in [0.1, 0.15) is 6.33 Å². The molecule has 0 unspecified atom stereocenters. The van der Waals surface area contributed by atoms with Gasteiger partial charge in [-0.3, -0.25) is 10.1 Å². The first kappa shape index (κ1) is 17.6. The third-order valence-electron chi connectivity index (χ3n) is 3.81. The molecule has 0 saturated heterocycles. The molecule has 0 aliphatic rings. The fraction of sp³-hybridized carbons (Fsp3) is 0.375. The minimum atomic E-state index is -0.501. The maximum atomic E-state index is 11.6. The van der Waals surface area contributed by atoms with Crippen molar-refractivity contribution in [2.75, 3.05) is 29.9 Å². The Morgan fingerprint density at radius 3 is 2.62 bits per heavy atom. The van der Waals surface area contributed by atoms with E-state index in [2.05, 4.69) is 15.3 Å².